The molecule has 8 nitrogen and oxygen atoms in total. The summed E-state index contributed by atoms with van der Waals surface area (Å²) in [5.74, 6) is 1.37. The fourth-order valence-electron chi connectivity index (χ4n) is 4.59. The number of pyridine rings is 1. The lowest BCUT2D eigenvalue weighted by atomic mass is 9.88. The van der Waals surface area contributed by atoms with Crippen molar-refractivity contribution >= 4 is 34.1 Å². The third kappa shape index (κ3) is 5.41. The number of hydrogen-bond donors (Lipinski definition) is 4. The van der Waals surface area contributed by atoms with E-state index in [2.05, 4.69) is 22.2 Å². The Bertz CT molecular complexity index is 1290. The van der Waals surface area contributed by atoms with Gasteiger partial charge in [0.2, 0.25) is 5.91 Å². The summed E-state index contributed by atoms with van der Waals surface area (Å²) in [6, 6.07) is 10.9. The lowest BCUT2D eigenvalue weighted by Gasteiger charge is -2.32. The highest BCUT2D eigenvalue weighted by Gasteiger charge is 2.26. The van der Waals surface area contributed by atoms with Gasteiger partial charge in [-0.15, -0.1) is 0 Å². The number of phenols is 1. The maximum atomic E-state index is 11.9. The standard InChI is InChI=1S/C27H29ClN4O4/c1-2-26(34)32-11-8-16(9-12-32)19-14-20-23(15-24(19)33)29-10-7-25(20)36-18-5-6-22(21(28)13-18)31-27(35)30-17-3-4-17/h2,5-7,10,13-17,27,30-31,33,35H,1,3-4,8-9,11-12H2. The van der Waals surface area contributed by atoms with Crippen LogP contribution >= 0.6 is 11.6 Å². The first kappa shape index (κ1) is 24.4. The summed E-state index contributed by atoms with van der Waals surface area (Å²) in [4.78, 5) is 18.1. The summed E-state index contributed by atoms with van der Waals surface area (Å²) in [5, 5.41) is 28.0. The minimum Gasteiger partial charge on any atom is -0.508 e. The van der Waals surface area contributed by atoms with Gasteiger partial charge in [0, 0.05) is 42.8 Å². The molecule has 4 N–H and O–H groups in total. The summed E-state index contributed by atoms with van der Waals surface area (Å²) >= 11 is 6.44. The van der Waals surface area contributed by atoms with E-state index in [4.69, 9.17) is 16.3 Å². The van der Waals surface area contributed by atoms with Crippen molar-refractivity contribution in [3.8, 4) is 17.2 Å². The Morgan fingerprint density at radius 2 is 1.97 bits per heavy atom. The lowest BCUT2D eigenvalue weighted by molar-refractivity contribution is -0.127. The summed E-state index contributed by atoms with van der Waals surface area (Å²) in [6.07, 6.45) is 5.72. The minimum absolute atomic E-state index is 0.0652. The lowest BCUT2D eigenvalue weighted by Crippen LogP contribution is -2.37. The van der Waals surface area contributed by atoms with Crippen molar-refractivity contribution in [1.29, 1.82) is 0 Å². The Balaban J connectivity index is 1.35. The Morgan fingerprint density at radius 3 is 2.67 bits per heavy atom. The second kappa shape index (κ2) is 10.3. The molecule has 9 heteroatoms. The molecule has 188 valence electrons. The Hall–Kier alpha value is -3.33. The van der Waals surface area contributed by atoms with Crippen LogP contribution in [0, 0.1) is 0 Å². The van der Waals surface area contributed by atoms with Gasteiger partial charge in [-0.1, -0.05) is 18.2 Å². The van der Waals surface area contributed by atoms with Crippen LogP contribution in [-0.2, 0) is 4.79 Å². The number of ether oxygens (including phenoxy) is 1. The van der Waals surface area contributed by atoms with Crippen molar-refractivity contribution in [1.82, 2.24) is 15.2 Å². The van der Waals surface area contributed by atoms with Gasteiger partial charge in [0.1, 0.15) is 17.2 Å². The number of fused-ring (bicyclic) bond motifs is 1. The van der Waals surface area contributed by atoms with Gasteiger partial charge in [-0.25, -0.2) is 0 Å². The molecule has 0 bridgehead atoms. The molecule has 0 spiro atoms. The number of aromatic hydroxyl groups is 1. The summed E-state index contributed by atoms with van der Waals surface area (Å²) in [5.41, 5.74) is 2.03. The topological polar surface area (TPSA) is 107 Å². The van der Waals surface area contributed by atoms with Gasteiger partial charge < -0.3 is 25.2 Å². The number of benzene rings is 2. The number of phenolic OH excluding ortho intramolecular Hbond substituents is 1. The monoisotopic (exact) mass is 508 g/mol. The quantitative estimate of drug-likeness (QED) is 0.257. The first-order valence-corrected chi connectivity index (χ1v) is 12.5. The van der Waals surface area contributed by atoms with Crippen LogP contribution in [0.4, 0.5) is 5.69 Å². The van der Waals surface area contributed by atoms with Gasteiger partial charge in [-0.05, 0) is 67.5 Å². The van der Waals surface area contributed by atoms with Gasteiger partial charge >= 0.3 is 0 Å². The van der Waals surface area contributed by atoms with Crippen LogP contribution in [-0.4, -0.2) is 51.5 Å². The molecule has 0 radical (unpaired) electrons. The number of amides is 1. The molecular formula is C27H29ClN4O4. The molecule has 2 fully saturated rings. The maximum absolute atomic E-state index is 11.9. The number of hydrogen-bond acceptors (Lipinski definition) is 7. The number of likely N-dealkylation sites (tertiary alicyclic amines) is 1. The number of carbonyl (C=O) groups excluding carboxylic acids is 1. The van der Waals surface area contributed by atoms with E-state index in [0.29, 0.717) is 46.9 Å². The number of nitrogens with one attached hydrogen (secondary N) is 2. The minimum atomic E-state index is -0.876. The molecule has 2 heterocycles. The first-order chi connectivity index (χ1) is 17.4. The number of halogens is 1. The third-order valence-electron chi connectivity index (χ3n) is 6.70. The average Bonchev–Trinajstić information content (AvgIpc) is 3.69. The molecule has 2 aromatic carbocycles. The number of anilines is 1. The molecule has 36 heavy (non-hydrogen) atoms. The van der Waals surface area contributed by atoms with Crippen LogP contribution in [0.3, 0.4) is 0 Å². The smallest absolute Gasteiger partial charge is 0.245 e. The molecule has 1 amide bonds. The van der Waals surface area contributed by atoms with Crippen molar-refractivity contribution in [2.45, 2.75) is 44.0 Å². The van der Waals surface area contributed by atoms with E-state index < -0.39 is 6.35 Å². The first-order valence-electron chi connectivity index (χ1n) is 12.1. The number of piperidine rings is 1. The van der Waals surface area contributed by atoms with E-state index in [-0.39, 0.29) is 17.6 Å². The van der Waals surface area contributed by atoms with Gasteiger partial charge in [-0.3, -0.25) is 15.1 Å². The zero-order chi connectivity index (χ0) is 25.2. The van der Waals surface area contributed by atoms with Gasteiger partial charge in [0.25, 0.3) is 0 Å². The van der Waals surface area contributed by atoms with Crippen LogP contribution in [0.5, 0.6) is 17.2 Å². The molecule has 1 aromatic heterocycles. The number of aromatic nitrogens is 1. The van der Waals surface area contributed by atoms with Crippen LogP contribution in [0.25, 0.3) is 10.9 Å². The van der Waals surface area contributed by atoms with E-state index in [1.54, 1.807) is 41.4 Å². The number of aliphatic hydroxyl groups excluding tert-OH is 1. The number of carbonyl (C=O) groups is 1. The Kier molecular flexibility index (Phi) is 7.00. The maximum Gasteiger partial charge on any atom is 0.245 e. The second-order valence-corrected chi connectivity index (χ2v) is 9.68. The summed E-state index contributed by atoms with van der Waals surface area (Å²) in [7, 11) is 0. The van der Waals surface area contributed by atoms with Gasteiger partial charge in [0.15, 0.2) is 6.35 Å². The summed E-state index contributed by atoms with van der Waals surface area (Å²) < 4.78 is 6.18. The van der Waals surface area contributed by atoms with E-state index >= 15 is 0 Å². The number of nitrogens with zero attached hydrogens (tertiary/aromatic N) is 2. The molecule has 3 aromatic rings. The zero-order valence-electron chi connectivity index (χ0n) is 19.8. The highest BCUT2D eigenvalue weighted by Crippen LogP contribution is 2.40. The van der Waals surface area contributed by atoms with Crippen molar-refractivity contribution in [2.24, 2.45) is 0 Å². The fourth-order valence-corrected chi connectivity index (χ4v) is 4.82. The van der Waals surface area contributed by atoms with E-state index in [1.807, 2.05) is 6.07 Å². The van der Waals surface area contributed by atoms with Crippen LogP contribution in [0.2, 0.25) is 5.02 Å². The van der Waals surface area contributed by atoms with E-state index in [1.165, 1.54) is 6.08 Å². The molecular weight excluding hydrogens is 480 g/mol. The van der Waals surface area contributed by atoms with Crippen LogP contribution in [0.15, 0.2) is 55.3 Å². The van der Waals surface area contributed by atoms with E-state index in [0.717, 1.165) is 36.6 Å². The largest absolute Gasteiger partial charge is 0.508 e. The van der Waals surface area contributed by atoms with Crippen LogP contribution < -0.4 is 15.4 Å². The van der Waals surface area contributed by atoms with E-state index in [9.17, 15) is 15.0 Å². The average molecular weight is 509 g/mol. The molecule has 1 saturated carbocycles. The predicted molar refractivity (Wildman–Crippen MR) is 139 cm³/mol. The van der Waals surface area contributed by atoms with Crippen molar-refractivity contribution < 1.29 is 19.7 Å². The highest BCUT2D eigenvalue weighted by molar-refractivity contribution is 6.33. The van der Waals surface area contributed by atoms with Crippen LogP contribution in [0.1, 0.15) is 37.2 Å². The molecule has 1 atom stereocenters. The number of rotatable bonds is 8. The molecule has 2 aliphatic rings. The van der Waals surface area contributed by atoms with Gasteiger partial charge in [0.05, 0.1) is 16.2 Å². The SMILES string of the molecule is C=CC(=O)N1CCC(c2cc3c(Oc4ccc(NC(O)NC5CC5)c(Cl)c4)ccnc3cc2O)CC1. The highest BCUT2D eigenvalue weighted by atomic mass is 35.5. The van der Waals surface area contributed by atoms with Crippen molar-refractivity contribution in [3.63, 3.8) is 0 Å². The number of aliphatic hydroxyl groups is 1. The molecule has 1 aliphatic carbocycles. The summed E-state index contributed by atoms with van der Waals surface area (Å²) in [6.45, 7) is 4.80. The Morgan fingerprint density at radius 1 is 1.19 bits per heavy atom. The van der Waals surface area contributed by atoms with Crippen molar-refractivity contribution in [2.75, 3.05) is 18.4 Å². The molecule has 1 aliphatic heterocycles. The molecule has 5 rings (SSSR count). The molecule has 1 saturated heterocycles. The molecule has 1 unspecified atom stereocenters. The second-order valence-electron chi connectivity index (χ2n) is 9.27. The van der Waals surface area contributed by atoms with Crippen molar-refractivity contribution in [3.05, 3.63) is 65.8 Å². The third-order valence-corrected chi connectivity index (χ3v) is 7.02. The predicted octanol–water partition coefficient (Wildman–Crippen LogP) is 4.72. The Labute approximate surface area is 214 Å². The van der Waals surface area contributed by atoms with Gasteiger partial charge in [-0.2, -0.15) is 0 Å². The zero-order valence-corrected chi connectivity index (χ0v) is 20.5. The fraction of sp³-hybridized carbons (Fsp3) is 0.333. The normalized spacial score (nSPS) is 17.1.